The van der Waals surface area contributed by atoms with Crippen LogP contribution in [0.4, 0.5) is 4.79 Å². The van der Waals surface area contributed by atoms with Gasteiger partial charge in [0.15, 0.2) is 0 Å². The van der Waals surface area contributed by atoms with Gasteiger partial charge in [-0.05, 0) is 32.6 Å². The maximum absolute atomic E-state index is 12.1. The number of urea groups is 1. The van der Waals surface area contributed by atoms with Crippen LogP contribution in [-0.4, -0.2) is 42.0 Å². The lowest BCUT2D eigenvalue weighted by molar-refractivity contribution is 0.113. The van der Waals surface area contributed by atoms with E-state index in [0.717, 1.165) is 13.0 Å². The fourth-order valence-corrected chi connectivity index (χ4v) is 1.41. The molecule has 0 aromatic heterocycles. The Morgan fingerprint density at radius 3 is 1.69 bits per heavy atom. The van der Waals surface area contributed by atoms with Crippen LogP contribution in [0.25, 0.3) is 0 Å². The van der Waals surface area contributed by atoms with Gasteiger partial charge >= 0.3 is 6.03 Å². The van der Waals surface area contributed by atoms with E-state index in [1.165, 1.54) is 0 Å². The molecule has 3 heteroatoms. The van der Waals surface area contributed by atoms with Gasteiger partial charge in [0, 0.05) is 26.2 Å². The zero-order valence-corrected chi connectivity index (χ0v) is 12.2. The van der Waals surface area contributed by atoms with Crippen LogP contribution in [0.2, 0.25) is 0 Å². The summed E-state index contributed by atoms with van der Waals surface area (Å²) in [5, 5.41) is 0. The van der Waals surface area contributed by atoms with Crippen LogP contribution in [0, 0.1) is 5.41 Å². The monoisotopic (exact) mass is 228 g/mol. The van der Waals surface area contributed by atoms with Gasteiger partial charge in [-0.1, -0.05) is 20.8 Å². The first-order chi connectivity index (χ1) is 6.95. The average Bonchev–Trinajstić information content (AvgIpc) is 1.98. The molecule has 0 aromatic rings. The molecule has 16 heavy (non-hydrogen) atoms. The number of carbonyl (C=O) groups excluding carboxylic acids is 1. The first-order valence-electron chi connectivity index (χ1n) is 5.94. The highest BCUT2D eigenvalue weighted by Crippen LogP contribution is 2.23. The van der Waals surface area contributed by atoms with Crippen molar-refractivity contribution in [3.05, 3.63) is 0 Å². The second-order valence-electron chi connectivity index (χ2n) is 6.81. The van der Waals surface area contributed by atoms with Crippen molar-refractivity contribution in [2.24, 2.45) is 5.41 Å². The molecule has 0 saturated carbocycles. The van der Waals surface area contributed by atoms with E-state index in [2.05, 4.69) is 41.5 Å². The minimum Gasteiger partial charge on any atom is -0.331 e. The summed E-state index contributed by atoms with van der Waals surface area (Å²) in [7, 11) is 3.61. The zero-order valence-electron chi connectivity index (χ0n) is 12.2. The highest BCUT2D eigenvalue weighted by Gasteiger charge is 2.28. The van der Waals surface area contributed by atoms with Gasteiger partial charge in [0.25, 0.3) is 0 Å². The topological polar surface area (TPSA) is 23.6 Å². The Kier molecular flexibility index (Phi) is 4.84. The quantitative estimate of drug-likeness (QED) is 0.712. The normalized spacial score (nSPS) is 12.5. The fourth-order valence-electron chi connectivity index (χ4n) is 1.41. The molecule has 0 aromatic carbocycles. The van der Waals surface area contributed by atoms with Gasteiger partial charge in [0.1, 0.15) is 0 Å². The fraction of sp³-hybridized carbons (Fsp3) is 0.923. The Bertz CT molecular complexity index is 233. The van der Waals surface area contributed by atoms with Crippen LogP contribution in [0.1, 0.15) is 48.0 Å². The zero-order chi connectivity index (χ0) is 13.1. The van der Waals surface area contributed by atoms with Gasteiger partial charge in [0.2, 0.25) is 0 Å². The highest BCUT2D eigenvalue weighted by molar-refractivity contribution is 5.74. The predicted molar refractivity (Wildman–Crippen MR) is 69.6 cm³/mol. The molecule has 0 unspecified atom stereocenters. The lowest BCUT2D eigenvalue weighted by Gasteiger charge is -2.39. The molecule has 3 nitrogen and oxygen atoms in total. The summed E-state index contributed by atoms with van der Waals surface area (Å²) in [5.41, 5.74) is 0.142. The molecule has 0 atom stereocenters. The van der Waals surface area contributed by atoms with Crippen LogP contribution < -0.4 is 0 Å². The van der Waals surface area contributed by atoms with Crippen molar-refractivity contribution in [1.29, 1.82) is 0 Å². The molecule has 0 saturated heterocycles. The van der Waals surface area contributed by atoms with Gasteiger partial charge < -0.3 is 9.80 Å². The lowest BCUT2D eigenvalue weighted by atomic mass is 9.91. The SMILES string of the molecule is CN(C)C(=O)N(CCC(C)(C)C)C(C)(C)C. The second kappa shape index (κ2) is 5.07. The highest BCUT2D eigenvalue weighted by atomic mass is 16.2. The van der Waals surface area contributed by atoms with E-state index in [-0.39, 0.29) is 17.0 Å². The van der Waals surface area contributed by atoms with Crippen LogP contribution in [0.15, 0.2) is 0 Å². The average molecular weight is 228 g/mol. The summed E-state index contributed by atoms with van der Waals surface area (Å²) in [4.78, 5) is 15.6. The Hall–Kier alpha value is -0.730. The van der Waals surface area contributed by atoms with Crippen molar-refractivity contribution in [3.63, 3.8) is 0 Å². The van der Waals surface area contributed by atoms with Gasteiger partial charge in [-0.25, -0.2) is 4.79 Å². The first kappa shape index (κ1) is 15.3. The van der Waals surface area contributed by atoms with E-state index >= 15 is 0 Å². The third-order valence-corrected chi connectivity index (χ3v) is 2.51. The summed E-state index contributed by atoms with van der Waals surface area (Å²) in [6.07, 6.45) is 1.02. The van der Waals surface area contributed by atoms with E-state index < -0.39 is 0 Å². The van der Waals surface area contributed by atoms with E-state index in [1.807, 2.05) is 4.90 Å². The minimum atomic E-state index is -0.118. The van der Waals surface area contributed by atoms with Crippen LogP contribution in [-0.2, 0) is 0 Å². The number of amides is 2. The van der Waals surface area contributed by atoms with Crippen molar-refractivity contribution in [3.8, 4) is 0 Å². The van der Waals surface area contributed by atoms with Crippen LogP contribution >= 0.6 is 0 Å². The summed E-state index contributed by atoms with van der Waals surface area (Å²) < 4.78 is 0. The largest absolute Gasteiger partial charge is 0.331 e. The van der Waals surface area contributed by atoms with Crippen molar-refractivity contribution in [1.82, 2.24) is 9.80 Å². The molecule has 0 aliphatic heterocycles. The molecule has 0 aliphatic carbocycles. The Morgan fingerprint density at radius 1 is 1.00 bits per heavy atom. The molecule has 0 aliphatic rings. The molecule has 0 radical (unpaired) electrons. The summed E-state index contributed by atoms with van der Waals surface area (Å²) in [5.74, 6) is 0. The van der Waals surface area contributed by atoms with Gasteiger partial charge in [-0.2, -0.15) is 0 Å². The number of rotatable bonds is 2. The maximum atomic E-state index is 12.1. The van der Waals surface area contributed by atoms with Gasteiger partial charge in [-0.3, -0.25) is 0 Å². The Labute approximate surface area is 101 Å². The first-order valence-corrected chi connectivity index (χ1v) is 5.94. The van der Waals surface area contributed by atoms with E-state index in [9.17, 15) is 4.79 Å². The number of nitrogens with zero attached hydrogens (tertiary/aromatic N) is 2. The molecule has 0 N–H and O–H groups in total. The molecule has 0 fully saturated rings. The summed E-state index contributed by atoms with van der Waals surface area (Å²) in [6.45, 7) is 13.7. The lowest BCUT2D eigenvalue weighted by Crippen LogP contribution is -2.50. The predicted octanol–water partition coefficient (Wildman–Crippen LogP) is 3.20. The molecule has 0 bridgehead atoms. The number of carbonyl (C=O) groups is 1. The smallest absolute Gasteiger partial charge is 0.319 e. The van der Waals surface area contributed by atoms with E-state index in [4.69, 9.17) is 0 Å². The number of hydrogen-bond donors (Lipinski definition) is 0. The molecule has 2 amide bonds. The summed E-state index contributed by atoms with van der Waals surface area (Å²) in [6, 6.07) is 0.0942. The van der Waals surface area contributed by atoms with Crippen molar-refractivity contribution in [2.75, 3.05) is 20.6 Å². The molecule has 96 valence electrons. The summed E-state index contributed by atoms with van der Waals surface area (Å²) >= 11 is 0. The molecule has 0 heterocycles. The van der Waals surface area contributed by atoms with Gasteiger partial charge in [0.05, 0.1) is 0 Å². The van der Waals surface area contributed by atoms with Crippen molar-refractivity contribution >= 4 is 6.03 Å². The van der Waals surface area contributed by atoms with Crippen molar-refractivity contribution in [2.45, 2.75) is 53.5 Å². The van der Waals surface area contributed by atoms with E-state index in [1.54, 1.807) is 19.0 Å². The molecular formula is C13H28N2O. The molecular weight excluding hydrogens is 200 g/mol. The molecule has 0 spiro atoms. The van der Waals surface area contributed by atoms with Crippen LogP contribution in [0.5, 0.6) is 0 Å². The van der Waals surface area contributed by atoms with Crippen LogP contribution in [0.3, 0.4) is 0 Å². The minimum absolute atomic E-state index is 0.0942. The third-order valence-electron chi connectivity index (χ3n) is 2.51. The second-order valence-corrected chi connectivity index (χ2v) is 6.81. The standard InChI is InChI=1S/C13H28N2O/c1-12(2,3)9-10-15(13(4,5)6)11(16)14(7)8/h9-10H2,1-8H3. The maximum Gasteiger partial charge on any atom is 0.319 e. The van der Waals surface area contributed by atoms with Gasteiger partial charge in [-0.15, -0.1) is 0 Å². The van der Waals surface area contributed by atoms with Crippen molar-refractivity contribution < 1.29 is 4.79 Å². The third kappa shape index (κ3) is 5.38. The Morgan fingerprint density at radius 2 is 1.44 bits per heavy atom. The Balaban J connectivity index is 4.65. The van der Waals surface area contributed by atoms with E-state index in [0.29, 0.717) is 0 Å². The molecule has 0 rings (SSSR count). The number of hydrogen-bond acceptors (Lipinski definition) is 1.